The van der Waals surface area contributed by atoms with Crippen LogP contribution in [0.3, 0.4) is 0 Å². The molecule has 0 fully saturated rings. The van der Waals surface area contributed by atoms with Crippen molar-refractivity contribution in [3.63, 3.8) is 0 Å². The van der Waals surface area contributed by atoms with Gasteiger partial charge in [0.25, 0.3) is 0 Å². The summed E-state index contributed by atoms with van der Waals surface area (Å²) in [6.45, 7) is 1.59. The van der Waals surface area contributed by atoms with Gasteiger partial charge in [-0.1, -0.05) is 0 Å². The maximum Gasteiger partial charge on any atom is 0.209 e. The molecule has 2 aromatic rings. The Balaban J connectivity index is 2.06. The zero-order valence-electron chi connectivity index (χ0n) is 10.3. The number of aromatic nitrogens is 2. The molecule has 19 heavy (non-hydrogen) atoms. The number of guanidine groups is 1. The summed E-state index contributed by atoms with van der Waals surface area (Å²) in [5.74, 6) is 0.424. The number of hydrogen-bond donors (Lipinski definition) is 4. The van der Waals surface area contributed by atoms with Crippen molar-refractivity contribution < 1.29 is 0 Å². The molecule has 0 saturated heterocycles. The third kappa shape index (κ3) is 3.20. The highest BCUT2D eigenvalue weighted by Crippen LogP contribution is 2.14. The van der Waals surface area contributed by atoms with Crippen molar-refractivity contribution in [2.45, 2.75) is 6.54 Å². The van der Waals surface area contributed by atoms with Crippen LogP contribution in [0.25, 0.3) is 11.0 Å². The zero-order valence-corrected chi connectivity index (χ0v) is 10.3. The standard InChI is InChI=1S/C12H15N7/c13-3-6-17-12(19-8-14)18-7-9-1-4-15-11-10(9)2-5-16-11/h1-2,4-5H,3,6-7,13H2,(H,15,16)(H2,17,18,19). The quantitative estimate of drug-likeness (QED) is 0.350. The van der Waals surface area contributed by atoms with Crippen LogP contribution in [0.4, 0.5) is 0 Å². The van der Waals surface area contributed by atoms with E-state index < -0.39 is 0 Å². The van der Waals surface area contributed by atoms with E-state index in [0.29, 0.717) is 25.6 Å². The van der Waals surface area contributed by atoms with Crippen molar-refractivity contribution in [2.75, 3.05) is 13.1 Å². The molecular formula is C12H15N7. The molecule has 2 aromatic heterocycles. The van der Waals surface area contributed by atoms with E-state index >= 15 is 0 Å². The molecule has 5 N–H and O–H groups in total. The zero-order chi connectivity index (χ0) is 13.5. The van der Waals surface area contributed by atoms with Crippen LogP contribution in [0.15, 0.2) is 29.5 Å². The van der Waals surface area contributed by atoms with Gasteiger partial charge < -0.3 is 21.4 Å². The van der Waals surface area contributed by atoms with E-state index in [-0.39, 0.29) is 0 Å². The minimum atomic E-state index is 0.424. The first-order chi connectivity index (χ1) is 9.35. The summed E-state index contributed by atoms with van der Waals surface area (Å²) < 4.78 is 0. The van der Waals surface area contributed by atoms with E-state index in [1.54, 1.807) is 12.4 Å². The van der Waals surface area contributed by atoms with Crippen molar-refractivity contribution in [3.8, 4) is 6.19 Å². The largest absolute Gasteiger partial charge is 0.354 e. The van der Waals surface area contributed by atoms with E-state index in [1.807, 2.05) is 18.3 Å². The lowest BCUT2D eigenvalue weighted by Gasteiger charge is -2.10. The fraction of sp³-hybridized carbons (Fsp3) is 0.250. The number of rotatable bonds is 4. The monoisotopic (exact) mass is 257 g/mol. The number of hydrogen-bond acceptors (Lipinski definition) is 4. The van der Waals surface area contributed by atoms with Crippen LogP contribution < -0.4 is 16.4 Å². The highest BCUT2D eigenvalue weighted by atomic mass is 15.2. The Hall–Kier alpha value is -2.59. The van der Waals surface area contributed by atoms with Gasteiger partial charge >= 0.3 is 0 Å². The first-order valence-electron chi connectivity index (χ1n) is 5.90. The van der Waals surface area contributed by atoms with E-state index in [1.165, 1.54) is 0 Å². The Morgan fingerprint density at radius 1 is 1.47 bits per heavy atom. The first-order valence-corrected chi connectivity index (χ1v) is 5.90. The Kier molecular flexibility index (Phi) is 4.31. The van der Waals surface area contributed by atoms with Crippen LogP contribution in [0, 0.1) is 11.5 Å². The van der Waals surface area contributed by atoms with E-state index in [4.69, 9.17) is 11.0 Å². The number of aromatic amines is 1. The van der Waals surface area contributed by atoms with Crippen LogP contribution in [-0.2, 0) is 6.54 Å². The molecule has 7 nitrogen and oxygen atoms in total. The van der Waals surface area contributed by atoms with Gasteiger partial charge in [0.05, 0.1) is 0 Å². The predicted molar refractivity (Wildman–Crippen MR) is 73.0 cm³/mol. The molecule has 0 atom stereocenters. The molecule has 0 aliphatic heterocycles. The summed E-state index contributed by atoms with van der Waals surface area (Å²) >= 11 is 0. The third-order valence-corrected chi connectivity index (χ3v) is 2.60. The number of nitrogens with zero attached hydrogens (tertiary/aromatic N) is 3. The van der Waals surface area contributed by atoms with E-state index in [0.717, 1.165) is 16.6 Å². The first kappa shape index (κ1) is 12.9. The molecule has 7 heteroatoms. The van der Waals surface area contributed by atoms with Crippen LogP contribution in [0.1, 0.15) is 5.56 Å². The minimum Gasteiger partial charge on any atom is -0.354 e. The van der Waals surface area contributed by atoms with E-state index in [9.17, 15) is 0 Å². The van der Waals surface area contributed by atoms with Crippen LogP contribution in [0.5, 0.6) is 0 Å². The van der Waals surface area contributed by atoms with E-state index in [2.05, 4.69) is 25.6 Å². The van der Waals surface area contributed by atoms with Gasteiger partial charge in [-0.2, -0.15) is 5.26 Å². The summed E-state index contributed by atoms with van der Waals surface area (Å²) in [6, 6.07) is 3.89. The highest BCUT2D eigenvalue weighted by Gasteiger charge is 2.04. The second-order valence-corrected chi connectivity index (χ2v) is 3.84. The summed E-state index contributed by atoms with van der Waals surface area (Å²) in [5.41, 5.74) is 7.32. The maximum absolute atomic E-state index is 8.61. The molecule has 0 amide bonds. The van der Waals surface area contributed by atoms with Crippen molar-refractivity contribution in [2.24, 2.45) is 10.7 Å². The number of nitriles is 1. The van der Waals surface area contributed by atoms with Gasteiger partial charge in [-0.05, 0) is 17.7 Å². The molecule has 0 spiro atoms. The summed E-state index contributed by atoms with van der Waals surface area (Å²) in [7, 11) is 0. The average Bonchev–Trinajstić information content (AvgIpc) is 2.90. The lowest BCUT2D eigenvalue weighted by molar-refractivity contribution is 0.806. The second kappa shape index (κ2) is 6.37. The smallest absolute Gasteiger partial charge is 0.209 e. The van der Waals surface area contributed by atoms with Gasteiger partial charge in [0.1, 0.15) is 5.65 Å². The lowest BCUT2D eigenvalue weighted by Crippen LogP contribution is -2.39. The SMILES string of the molecule is N#C/N=C(\NCCN)NCc1ccnc2[nH]ccc12. The lowest BCUT2D eigenvalue weighted by atomic mass is 10.2. The molecule has 0 aromatic carbocycles. The Morgan fingerprint density at radius 2 is 2.37 bits per heavy atom. The average molecular weight is 257 g/mol. The van der Waals surface area contributed by atoms with Gasteiger partial charge in [0, 0.05) is 37.4 Å². The Labute approximate surface area is 110 Å². The third-order valence-electron chi connectivity index (χ3n) is 2.60. The summed E-state index contributed by atoms with van der Waals surface area (Å²) in [5, 5.41) is 15.7. The molecule has 2 heterocycles. The Morgan fingerprint density at radius 3 is 3.16 bits per heavy atom. The summed E-state index contributed by atoms with van der Waals surface area (Å²) in [6.07, 6.45) is 5.33. The second-order valence-electron chi connectivity index (χ2n) is 3.84. The maximum atomic E-state index is 8.61. The van der Waals surface area contributed by atoms with Crippen LogP contribution in [0.2, 0.25) is 0 Å². The molecule has 0 aliphatic carbocycles. The number of fused-ring (bicyclic) bond motifs is 1. The number of nitrogens with one attached hydrogen (secondary N) is 3. The van der Waals surface area contributed by atoms with Gasteiger partial charge in [-0.25, -0.2) is 4.98 Å². The predicted octanol–water partition coefficient (Wildman–Crippen LogP) is 0.0379. The fourth-order valence-corrected chi connectivity index (χ4v) is 1.73. The molecule has 0 aliphatic rings. The van der Waals surface area contributed by atoms with Crippen molar-refractivity contribution in [3.05, 3.63) is 30.1 Å². The fourth-order valence-electron chi connectivity index (χ4n) is 1.73. The number of nitrogens with two attached hydrogens (primary N) is 1. The molecule has 0 unspecified atom stereocenters. The number of aliphatic imine (C=N–C) groups is 1. The number of pyridine rings is 1. The minimum absolute atomic E-state index is 0.424. The van der Waals surface area contributed by atoms with Gasteiger partial charge in [0.15, 0.2) is 0 Å². The van der Waals surface area contributed by atoms with Gasteiger partial charge in [0.2, 0.25) is 12.2 Å². The molecule has 98 valence electrons. The van der Waals surface area contributed by atoms with Gasteiger partial charge in [-0.15, -0.1) is 4.99 Å². The molecule has 2 rings (SSSR count). The molecule has 0 bridgehead atoms. The number of H-pyrrole nitrogens is 1. The van der Waals surface area contributed by atoms with Crippen molar-refractivity contribution in [1.82, 2.24) is 20.6 Å². The van der Waals surface area contributed by atoms with Crippen LogP contribution in [-0.4, -0.2) is 29.0 Å². The van der Waals surface area contributed by atoms with Crippen molar-refractivity contribution in [1.29, 1.82) is 5.26 Å². The molecule has 0 radical (unpaired) electrons. The normalized spacial score (nSPS) is 11.3. The van der Waals surface area contributed by atoms with Crippen molar-refractivity contribution >= 4 is 17.0 Å². The topological polar surface area (TPSA) is 115 Å². The van der Waals surface area contributed by atoms with Gasteiger partial charge in [-0.3, -0.25) is 0 Å². The molecular weight excluding hydrogens is 242 g/mol. The molecule has 0 saturated carbocycles. The summed E-state index contributed by atoms with van der Waals surface area (Å²) in [4.78, 5) is 10.9. The highest BCUT2D eigenvalue weighted by molar-refractivity contribution is 5.82. The Bertz CT molecular complexity index is 608. The van der Waals surface area contributed by atoms with Crippen LogP contribution >= 0.6 is 0 Å².